The Hall–Kier alpha value is -1.83. The van der Waals surface area contributed by atoms with Crippen molar-refractivity contribution in [3.05, 3.63) is 35.4 Å². The average molecular weight is 273 g/mol. The zero-order chi connectivity index (χ0) is 14.2. The largest absolute Gasteiger partial charge is 0.395 e. The third-order valence-corrected chi connectivity index (χ3v) is 3.11. The molecule has 0 aromatic heterocycles. The Bertz CT molecular complexity index is 510. The molecule has 1 amide bonds. The number of rotatable bonds is 4. The van der Waals surface area contributed by atoms with E-state index in [1.165, 1.54) is 0 Å². The Morgan fingerprint density at radius 3 is 3.15 bits per heavy atom. The number of carbonyl (C=O) groups excluding carboxylic acids is 1. The highest BCUT2D eigenvalue weighted by atomic mass is 16.5. The molecule has 4 heteroatoms. The summed E-state index contributed by atoms with van der Waals surface area (Å²) < 4.78 is 5.47. The van der Waals surface area contributed by atoms with Crippen molar-refractivity contribution in [2.75, 3.05) is 19.8 Å². The van der Waals surface area contributed by atoms with Crippen LogP contribution >= 0.6 is 0 Å². The average Bonchev–Trinajstić information content (AvgIpc) is 2.99. The van der Waals surface area contributed by atoms with Crippen molar-refractivity contribution in [2.24, 2.45) is 0 Å². The van der Waals surface area contributed by atoms with E-state index in [1.54, 1.807) is 12.1 Å². The Morgan fingerprint density at radius 1 is 1.50 bits per heavy atom. The molecule has 4 nitrogen and oxygen atoms in total. The molecule has 106 valence electrons. The van der Waals surface area contributed by atoms with Crippen LogP contribution in [0.15, 0.2) is 24.3 Å². The van der Waals surface area contributed by atoms with Crippen LogP contribution in [0.5, 0.6) is 0 Å². The molecule has 1 aromatic rings. The van der Waals surface area contributed by atoms with Crippen molar-refractivity contribution in [3.63, 3.8) is 0 Å². The van der Waals surface area contributed by atoms with Gasteiger partial charge in [-0.3, -0.25) is 4.79 Å². The molecule has 1 aliphatic rings. The molecule has 1 aromatic carbocycles. The van der Waals surface area contributed by atoms with Crippen LogP contribution in [0.25, 0.3) is 0 Å². The Balaban J connectivity index is 1.92. The summed E-state index contributed by atoms with van der Waals surface area (Å²) in [5.74, 6) is 5.66. The van der Waals surface area contributed by atoms with Gasteiger partial charge in [0.05, 0.1) is 12.7 Å². The fraction of sp³-hybridized carbons (Fsp3) is 0.438. The molecular weight excluding hydrogens is 254 g/mol. The van der Waals surface area contributed by atoms with Gasteiger partial charge in [0.1, 0.15) is 0 Å². The molecular formula is C16H19NO3. The topological polar surface area (TPSA) is 58.6 Å². The van der Waals surface area contributed by atoms with Gasteiger partial charge in [-0.1, -0.05) is 17.9 Å². The minimum Gasteiger partial charge on any atom is -0.395 e. The number of aliphatic hydroxyl groups is 1. The SMILES string of the molecule is O=C(NCC1CCCO1)c1cccc(C#CCCO)c1. The molecule has 1 atom stereocenters. The zero-order valence-corrected chi connectivity index (χ0v) is 11.4. The number of carbonyl (C=O) groups is 1. The number of hydrogen-bond acceptors (Lipinski definition) is 3. The van der Waals surface area contributed by atoms with E-state index in [9.17, 15) is 4.79 Å². The van der Waals surface area contributed by atoms with Crippen molar-refractivity contribution < 1.29 is 14.6 Å². The third kappa shape index (κ3) is 4.37. The van der Waals surface area contributed by atoms with Crippen LogP contribution in [-0.2, 0) is 4.74 Å². The Morgan fingerprint density at radius 2 is 2.40 bits per heavy atom. The van der Waals surface area contributed by atoms with Gasteiger partial charge >= 0.3 is 0 Å². The standard InChI is InChI=1S/C16H19NO3/c18-9-2-1-5-13-6-3-7-14(11-13)16(19)17-12-15-8-4-10-20-15/h3,6-7,11,15,18H,2,4,8-10,12H2,(H,17,19). The maximum absolute atomic E-state index is 12.0. The summed E-state index contributed by atoms with van der Waals surface area (Å²) in [5.41, 5.74) is 1.38. The van der Waals surface area contributed by atoms with Crippen LogP contribution in [0.1, 0.15) is 35.2 Å². The van der Waals surface area contributed by atoms with Crippen LogP contribution < -0.4 is 5.32 Å². The van der Waals surface area contributed by atoms with Crippen molar-refractivity contribution in [1.29, 1.82) is 0 Å². The van der Waals surface area contributed by atoms with Crippen molar-refractivity contribution in [1.82, 2.24) is 5.32 Å². The number of nitrogens with one attached hydrogen (secondary N) is 1. The van der Waals surface area contributed by atoms with Crippen LogP contribution in [0, 0.1) is 11.8 Å². The van der Waals surface area contributed by atoms with E-state index in [-0.39, 0.29) is 18.6 Å². The minimum absolute atomic E-state index is 0.0502. The number of aliphatic hydroxyl groups excluding tert-OH is 1. The summed E-state index contributed by atoms with van der Waals surface area (Å²) in [5, 5.41) is 11.6. The lowest BCUT2D eigenvalue weighted by atomic mass is 10.1. The summed E-state index contributed by atoms with van der Waals surface area (Å²) >= 11 is 0. The second kappa shape index (κ2) is 7.68. The van der Waals surface area contributed by atoms with E-state index in [2.05, 4.69) is 17.2 Å². The smallest absolute Gasteiger partial charge is 0.251 e. The lowest BCUT2D eigenvalue weighted by Gasteiger charge is -2.10. The highest BCUT2D eigenvalue weighted by molar-refractivity contribution is 5.94. The summed E-state index contributed by atoms with van der Waals surface area (Å²) in [6.45, 7) is 1.39. The predicted molar refractivity (Wildman–Crippen MR) is 76.3 cm³/mol. The molecule has 0 saturated carbocycles. The lowest BCUT2D eigenvalue weighted by molar-refractivity contribution is 0.0858. The first kappa shape index (κ1) is 14.6. The van der Waals surface area contributed by atoms with Gasteiger partial charge in [-0.15, -0.1) is 0 Å². The highest BCUT2D eigenvalue weighted by Crippen LogP contribution is 2.11. The number of amides is 1. The van der Waals surface area contributed by atoms with Crippen molar-refractivity contribution >= 4 is 5.91 Å². The summed E-state index contributed by atoms with van der Waals surface area (Å²) in [4.78, 5) is 12.0. The van der Waals surface area contributed by atoms with E-state index in [4.69, 9.17) is 9.84 Å². The van der Waals surface area contributed by atoms with Gasteiger partial charge in [0.25, 0.3) is 5.91 Å². The molecule has 1 fully saturated rings. The van der Waals surface area contributed by atoms with Crippen LogP contribution in [0.2, 0.25) is 0 Å². The third-order valence-electron chi connectivity index (χ3n) is 3.11. The van der Waals surface area contributed by atoms with E-state index in [0.29, 0.717) is 18.5 Å². The Kier molecular flexibility index (Phi) is 5.60. The summed E-state index contributed by atoms with van der Waals surface area (Å²) in [6, 6.07) is 7.18. The number of benzene rings is 1. The van der Waals surface area contributed by atoms with E-state index in [0.717, 1.165) is 25.0 Å². The van der Waals surface area contributed by atoms with Crippen LogP contribution in [0.3, 0.4) is 0 Å². The molecule has 2 rings (SSSR count). The first-order valence-corrected chi connectivity index (χ1v) is 6.89. The second-order valence-electron chi connectivity index (χ2n) is 4.70. The molecule has 0 radical (unpaired) electrons. The fourth-order valence-electron chi connectivity index (χ4n) is 2.07. The van der Waals surface area contributed by atoms with Gasteiger partial charge in [0.2, 0.25) is 0 Å². The maximum Gasteiger partial charge on any atom is 0.251 e. The monoisotopic (exact) mass is 273 g/mol. The molecule has 1 unspecified atom stereocenters. The van der Waals surface area contributed by atoms with Gasteiger partial charge in [0.15, 0.2) is 0 Å². The molecule has 0 spiro atoms. The molecule has 1 aliphatic heterocycles. The van der Waals surface area contributed by atoms with Gasteiger partial charge in [-0.05, 0) is 31.0 Å². The molecule has 20 heavy (non-hydrogen) atoms. The van der Waals surface area contributed by atoms with Crippen LogP contribution in [-0.4, -0.2) is 36.9 Å². The fourth-order valence-corrected chi connectivity index (χ4v) is 2.07. The Labute approximate surface area is 119 Å². The molecule has 0 aliphatic carbocycles. The summed E-state index contributed by atoms with van der Waals surface area (Å²) in [6.07, 6.45) is 2.66. The molecule has 2 N–H and O–H groups in total. The van der Waals surface area contributed by atoms with Crippen molar-refractivity contribution in [2.45, 2.75) is 25.4 Å². The van der Waals surface area contributed by atoms with Crippen LogP contribution in [0.4, 0.5) is 0 Å². The predicted octanol–water partition coefficient (Wildman–Crippen LogP) is 1.33. The van der Waals surface area contributed by atoms with Gasteiger partial charge in [-0.25, -0.2) is 0 Å². The van der Waals surface area contributed by atoms with E-state index >= 15 is 0 Å². The normalized spacial score (nSPS) is 17.4. The van der Waals surface area contributed by atoms with Gasteiger partial charge in [-0.2, -0.15) is 0 Å². The second-order valence-corrected chi connectivity index (χ2v) is 4.70. The molecule has 0 bridgehead atoms. The minimum atomic E-state index is -0.105. The van der Waals surface area contributed by atoms with E-state index in [1.807, 2.05) is 12.1 Å². The first-order valence-electron chi connectivity index (χ1n) is 6.89. The van der Waals surface area contributed by atoms with E-state index < -0.39 is 0 Å². The first-order chi connectivity index (χ1) is 9.79. The number of hydrogen-bond donors (Lipinski definition) is 2. The molecule has 1 saturated heterocycles. The summed E-state index contributed by atoms with van der Waals surface area (Å²) in [7, 11) is 0. The lowest BCUT2D eigenvalue weighted by Crippen LogP contribution is -2.31. The van der Waals surface area contributed by atoms with Gasteiger partial charge in [0, 0.05) is 30.7 Å². The molecule has 1 heterocycles. The highest BCUT2D eigenvalue weighted by Gasteiger charge is 2.16. The van der Waals surface area contributed by atoms with Crippen molar-refractivity contribution in [3.8, 4) is 11.8 Å². The quantitative estimate of drug-likeness (QED) is 0.814. The maximum atomic E-state index is 12.0. The number of ether oxygens (including phenoxy) is 1. The zero-order valence-electron chi connectivity index (χ0n) is 11.4. The van der Waals surface area contributed by atoms with Gasteiger partial charge < -0.3 is 15.2 Å².